The predicted molar refractivity (Wildman–Crippen MR) is 106 cm³/mol. The summed E-state index contributed by atoms with van der Waals surface area (Å²) in [7, 11) is 3.12. The summed E-state index contributed by atoms with van der Waals surface area (Å²) in [6.07, 6.45) is 0.585. The number of methoxy groups -OCH3 is 2. The summed E-state index contributed by atoms with van der Waals surface area (Å²) < 4.78 is 15.1. The van der Waals surface area contributed by atoms with Gasteiger partial charge in [0.15, 0.2) is 6.61 Å². The molecule has 2 rings (SSSR count). The van der Waals surface area contributed by atoms with Crippen LogP contribution in [-0.4, -0.2) is 51.7 Å². The highest BCUT2D eigenvalue weighted by Crippen LogP contribution is 2.17. The third-order valence-corrected chi connectivity index (χ3v) is 4.02. The van der Waals surface area contributed by atoms with Crippen LogP contribution in [0.4, 0.5) is 0 Å². The molecular formula is C21H24N2O6. The Morgan fingerprint density at radius 3 is 2.31 bits per heavy atom. The van der Waals surface area contributed by atoms with Crippen LogP contribution in [0.1, 0.15) is 15.9 Å². The van der Waals surface area contributed by atoms with Crippen LogP contribution in [0.5, 0.6) is 11.5 Å². The lowest BCUT2D eigenvalue weighted by atomic mass is 10.1. The maximum Gasteiger partial charge on any atom is 0.325 e. The molecule has 0 atom stereocenters. The number of ether oxygens (including phenoxy) is 3. The molecule has 0 aliphatic heterocycles. The molecule has 0 aliphatic rings. The molecule has 0 spiro atoms. The fourth-order valence-corrected chi connectivity index (χ4v) is 2.49. The molecule has 0 saturated carbocycles. The number of hydrogen-bond acceptors (Lipinski definition) is 6. The lowest BCUT2D eigenvalue weighted by Gasteiger charge is -2.10. The Labute approximate surface area is 169 Å². The molecule has 0 aliphatic carbocycles. The molecule has 29 heavy (non-hydrogen) atoms. The van der Waals surface area contributed by atoms with E-state index >= 15 is 0 Å². The molecule has 8 heteroatoms. The van der Waals surface area contributed by atoms with Crippen molar-refractivity contribution in [3.8, 4) is 11.5 Å². The number of rotatable bonds is 10. The van der Waals surface area contributed by atoms with Crippen LogP contribution in [0.15, 0.2) is 48.5 Å². The Balaban J connectivity index is 1.65. The zero-order valence-corrected chi connectivity index (χ0v) is 16.4. The number of benzene rings is 2. The van der Waals surface area contributed by atoms with Crippen molar-refractivity contribution in [1.29, 1.82) is 0 Å². The van der Waals surface area contributed by atoms with E-state index in [0.29, 0.717) is 24.3 Å². The molecular weight excluding hydrogens is 376 g/mol. The van der Waals surface area contributed by atoms with Crippen molar-refractivity contribution in [2.24, 2.45) is 0 Å². The summed E-state index contributed by atoms with van der Waals surface area (Å²) in [6, 6.07) is 14.0. The second-order valence-corrected chi connectivity index (χ2v) is 5.98. The van der Waals surface area contributed by atoms with E-state index < -0.39 is 24.4 Å². The molecule has 2 aromatic carbocycles. The summed E-state index contributed by atoms with van der Waals surface area (Å²) in [5.41, 5.74) is 1.35. The smallest absolute Gasteiger partial charge is 0.325 e. The highest BCUT2D eigenvalue weighted by atomic mass is 16.5. The fraction of sp³-hybridized carbons (Fsp3) is 0.286. The van der Waals surface area contributed by atoms with Crippen molar-refractivity contribution in [2.45, 2.75) is 6.42 Å². The Morgan fingerprint density at radius 1 is 0.897 bits per heavy atom. The average molecular weight is 400 g/mol. The van der Waals surface area contributed by atoms with Crippen molar-refractivity contribution in [3.05, 3.63) is 59.7 Å². The fourth-order valence-electron chi connectivity index (χ4n) is 2.49. The molecule has 0 heterocycles. The molecule has 0 fully saturated rings. The van der Waals surface area contributed by atoms with E-state index in [4.69, 9.17) is 14.2 Å². The summed E-state index contributed by atoms with van der Waals surface area (Å²) in [5.74, 6) is -0.175. The van der Waals surface area contributed by atoms with Crippen LogP contribution in [0, 0.1) is 0 Å². The number of carbonyl (C=O) groups is 3. The van der Waals surface area contributed by atoms with Gasteiger partial charge in [-0.25, -0.2) is 0 Å². The van der Waals surface area contributed by atoms with Gasteiger partial charge in [0.25, 0.3) is 11.8 Å². The van der Waals surface area contributed by atoms with E-state index in [0.717, 1.165) is 11.3 Å². The van der Waals surface area contributed by atoms with Gasteiger partial charge in [0.2, 0.25) is 0 Å². The Kier molecular flexibility index (Phi) is 8.50. The van der Waals surface area contributed by atoms with Gasteiger partial charge in [-0.3, -0.25) is 14.4 Å². The predicted octanol–water partition coefficient (Wildman–Crippen LogP) is 1.34. The first kappa shape index (κ1) is 21.7. The number of carbonyl (C=O) groups excluding carboxylic acids is 3. The first-order valence-electron chi connectivity index (χ1n) is 9.00. The topological polar surface area (TPSA) is 103 Å². The third-order valence-electron chi connectivity index (χ3n) is 4.02. The van der Waals surface area contributed by atoms with E-state index in [-0.39, 0.29) is 6.54 Å². The van der Waals surface area contributed by atoms with E-state index in [1.54, 1.807) is 31.4 Å². The number of nitrogens with one attached hydrogen (secondary N) is 2. The van der Waals surface area contributed by atoms with Gasteiger partial charge in [0.05, 0.1) is 14.2 Å². The average Bonchev–Trinajstić information content (AvgIpc) is 2.76. The van der Waals surface area contributed by atoms with Crippen LogP contribution in [0.25, 0.3) is 0 Å². The van der Waals surface area contributed by atoms with Gasteiger partial charge in [-0.05, 0) is 42.3 Å². The standard InChI is InChI=1S/C21H24N2O6/c1-27-17-9-7-16(8-10-17)21(26)23-13-20(25)29-14-19(24)22-12-11-15-5-3-4-6-18(15)28-2/h3-10H,11-14H2,1-2H3,(H,22,24)(H,23,26). The van der Waals surface area contributed by atoms with Crippen LogP contribution in [-0.2, 0) is 20.7 Å². The van der Waals surface area contributed by atoms with Gasteiger partial charge in [-0.15, -0.1) is 0 Å². The monoisotopic (exact) mass is 400 g/mol. The van der Waals surface area contributed by atoms with Crippen LogP contribution < -0.4 is 20.1 Å². The Bertz CT molecular complexity index is 835. The lowest BCUT2D eigenvalue weighted by Crippen LogP contribution is -2.34. The summed E-state index contributed by atoms with van der Waals surface area (Å²) in [5, 5.41) is 5.11. The molecule has 0 bridgehead atoms. The summed E-state index contributed by atoms with van der Waals surface area (Å²) in [4.78, 5) is 35.5. The van der Waals surface area contributed by atoms with E-state index in [1.807, 2.05) is 24.3 Å². The zero-order chi connectivity index (χ0) is 21.1. The first-order valence-corrected chi connectivity index (χ1v) is 9.00. The van der Waals surface area contributed by atoms with E-state index in [9.17, 15) is 14.4 Å². The van der Waals surface area contributed by atoms with Gasteiger partial charge in [-0.1, -0.05) is 18.2 Å². The van der Waals surface area contributed by atoms with Crippen molar-refractivity contribution < 1.29 is 28.6 Å². The van der Waals surface area contributed by atoms with Gasteiger partial charge in [-0.2, -0.15) is 0 Å². The van der Waals surface area contributed by atoms with Gasteiger partial charge >= 0.3 is 5.97 Å². The Hall–Kier alpha value is -3.55. The van der Waals surface area contributed by atoms with Crippen molar-refractivity contribution in [3.63, 3.8) is 0 Å². The normalized spacial score (nSPS) is 10.0. The van der Waals surface area contributed by atoms with Crippen LogP contribution in [0.3, 0.4) is 0 Å². The number of amides is 2. The second kappa shape index (κ2) is 11.3. The second-order valence-electron chi connectivity index (χ2n) is 5.98. The minimum Gasteiger partial charge on any atom is -0.497 e. The largest absolute Gasteiger partial charge is 0.497 e. The Morgan fingerprint density at radius 2 is 1.62 bits per heavy atom. The van der Waals surface area contributed by atoms with Gasteiger partial charge in [0, 0.05) is 12.1 Å². The summed E-state index contributed by atoms with van der Waals surface area (Å²) >= 11 is 0. The first-order chi connectivity index (χ1) is 14.0. The van der Waals surface area contributed by atoms with Gasteiger partial charge < -0.3 is 24.8 Å². The van der Waals surface area contributed by atoms with Crippen LogP contribution >= 0.6 is 0 Å². The molecule has 154 valence electrons. The minimum atomic E-state index is -0.702. The van der Waals surface area contributed by atoms with E-state index in [1.165, 1.54) is 7.11 Å². The van der Waals surface area contributed by atoms with E-state index in [2.05, 4.69) is 10.6 Å². The minimum absolute atomic E-state index is 0.334. The maximum absolute atomic E-state index is 12.0. The highest BCUT2D eigenvalue weighted by Gasteiger charge is 2.11. The number of hydrogen-bond donors (Lipinski definition) is 2. The highest BCUT2D eigenvalue weighted by molar-refractivity contribution is 5.96. The quantitative estimate of drug-likeness (QED) is 0.584. The molecule has 2 N–H and O–H groups in total. The summed E-state index contributed by atoms with van der Waals surface area (Å²) in [6.45, 7) is -0.368. The molecule has 0 aromatic heterocycles. The molecule has 8 nitrogen and oxygen atoms in total. The SMILES string of the molecule is COc1ccc(C(=O)NCC(=O)OCC(=O)NCCc2ccccc2OC)cc1. The number of para-hydroxylation sites is 1. The van der Waals surface area contributed by atoms with Crippen LogP contribution in [0.2, 0.25) is 0 Å². The molecule has 0 unspecified atom stereocenters. The molecule has 0 radical (unpaired) electrons. The van der Waals surface area contributed by atoms with Gasteiger partial charge in [0.1, 0.15) is 18.0 Å². The number of esters is 1. The maximum atomic E-state index is 12.0. The van der Waals surface area contributed by atoms with Crippen molar-refractivity contribution in [1.82, 2.24) is 10.6 Å². The lowest BCUT2D eigenvalue weighted by molar-refractivity contribution is -0.147. The van der Waals surface area contributed by atoms with Crippen molar-refractivity contribution >= 4 is 17.8 Å². The molecule has 2 amide bonds. The zero-order valence-electron chi connectivity index (χ0n) is 16.4. The third kappa shape index (κ3) is 7.17. The molecule has 2 aromatic rings. The van der Waals surface area contributed by atoms with Crippen molar-refractivity contribution in [2.75, 3.05) is 33.9 Å². The molecule has 0 saturated heterocycles.